The minimum Gasteiger partial charge on any atom is -0.497 e. The Morgan fingerprint density at radius 1 is 1.07 bits per heavy atom. The molecule has 1 aromatic heterocycles. The topological polar surface area (TPSA) is 94.6 Å². The number of hydrogen-bond donors (Lipinski definition) is 2. The van der Waals surface area contributed by atoms with Gasteiger partial charge < -0.3 is 24.8 Å². The van der Waals surface area contributed by atoms with E-state index in [0.29, 0.717) is 30.5 Å². The van der Waals surface area contributed by atoms with Gasteiger partial charge in [0.15, 0.2) is 0 Å². The highest BCUT2D eigenvalue weighted by molar-refractivity contribution is 5.94. The van der Waals surface area contributed by atoms with Gasteiger partial charge in [0.1, 0.15) is 18.0 Å². The Hall–Kier alpha value is -2.71. The van der Waals surface area contributed by atoms with E-state index in [1.807, 2.05) is 6.07 Å². The molecule has 8 nitrogen and oxygen atoms in total. The number of aromatic nitrogens is 2. The molecule has 0 spiro atoms. The molecule has 2 fully saturated rings. The monoisotopic (exact) mass is 412 g/mol. The fraction of sp³-hybridized carbons (Fsp3) is 0.500. The summed E-state index contributed by atoms with van der Waals surface area (Å²) in [5, 5.41) is 6.37. The molecule has 2 aromatic rings. The first-order chi connectivity index (χ1) is 14.3. The molecule has 2 aliphatic heterocycles. The quantitative estimate of drug-likeness (QED) is 0.777. The number of benzene rings is 1. The van der Waals surface area contributed by atoms with Crippen molar-refractivity contribution in [2.45, 2.75) is 50.5 Å². The molecule has 0 unspecified atom stereocenters. The number of methoxy groups -OCH3 is 1. The Balaban J connectivity index is 1.38. The molecule has 0 bridgehead atoms. The molecule has 160 valence electrons. The lowest BCUT2D eigenvalue weighted by Crippen LogP contribution is -2.44. The van der Waals surface area contributed by atoms with E-state index >= 15 is 0 Å². The summed E-state index contributed by atoms with van der Waals surface area (Å²) in [5.41, 5.74) is 1.47. The molecular formula is C22H28N4O4. The second kappa shape index (κ2) is 8.20. The highest BCUT2D eigenvalue weighted by Gasteiger charge is 2.48. The first kappa shape index (κ1) is 20.6. The molecule has 2 saturated heterocycles. The Bertz CT molecular complexity index is 897. The third kappa shape index (κ3) is 4.24. The van der Waals surface area contributed by atoms with Gasteiger partial charge in [-0.15, -0.1) is 0 Å². The molecular weight excluding hydrogens is 384 g/mol. The van der Waals surface area contributed by atoms with Gasteiger partial charge >= 0.3 is 0 Å². The summed E-state index contributed by atoms with van der Waals surface area (Å²) >= 11 is 0. The van der Waals surface area contributed by atoms with Crippen LogP contribution in [0.2, 0.25) is 0 Å². The fourth-order valence-electron chi connectivity index (χ4n) is 3.75. The van der Waals surface area contributed by atoms with Crippen LogP contribution < -0.4 is 15.4 Å². The zero-order valence-electron chi connectivity index (χ0n) is 17.7. The second-order valence-corrected chi connectivity index (χ2v) is 8.67. The maximum atomic E-state index is 12.6. The first-order valence-corrected chi connectivity index (χ1v) is 10.1. The van der Waals surface area contributed by atoms with Crippen molar-refractivity contribution in [3.63, 3.8) is 0 Å². The Kier molecular flexibility index (Phi) is 5.62. The van der Waals surface area contributed by atoms with Crippen LogP contribution in [-0.2, 0) is 14.9 Å². The first-order valence-electron chi connectivity index (χ1n) is 10.1. The largest absolute Gasteiger partial charge is 0.497 e. The molecule has 4 rings (SSSR count). The molecule has 0 radical (unpaired) electrons. The van der Waals surface area contributed by atoms with E-state index < -0.39 is 0 Å². The van der Waals surface area contributed by atoms with Gasteiger partial charge in [0.05, 0.1) is 38.1 Å². The van der Waals surface area contributed by atoms with Crippen LogP contribution in [0.5, 0.6) is 5.75 Å². The third-order valence-electron chi connectivity index (χ3n) is 5.46. The fourth-order valence-corrected chi connectivity index (χ4v) is 3.75. The molecule has 2 N–H and O–H groups in total. The molecule has 8 heteroatoms. The van der Waals surface area contributed by atoms with Gasteiger partial charge in [-0.1, -0.05) is 20.8 Å². The summed E-state index contributed by atoms with van der Waals surface area (Å²) in [5.74, 6) is 1.11. The molecule has 1 amide bonds. The van der Waals surface area contributed by atoms with E-state index in [0.717, 1.165) is 5.69 Å². The van der Waals surface area contributed by atoms with Crippen LogP contribution in [-0.4, -0.2) is 60.5 Å². The predicted molar refractivity (Wildman–Crippen MR) is 112 cm³/mol. The molecule has 2 aliphatic rings. The summed E-state index contributed by atoms with van der Waals surface area (Å²) in [6, 6.07) is 8.64. The lowest BCUT2D eigenvalue weighted by atomic mass is 9.92. The molecule has 4 atom stereocenters. The van der Waals surface area contributed by atoms with Crippen LogP contribution >= 0.6 is 0 Å². The summed E-state index contributed by atoms with van der Waals surface area (Å²) in [4.78, 5) is 21.6. The summed E-state index contributed by atoms with van der Waals surface area (Å²) < 4.78 is 17.1. The van der Waals surface area contributed by atoms with Gasteiger partial charge in [-0.25, -0.2) is 9.97 Å². The average molecular weight is 412 g/mol. The summed E-state index contributed by atoms with van der Waals surface area (Å²) in [6.07, 6.45) is 1.37. The van der Waals surface area contributed by atoms with E-state index in [4.69, 9.17) is 14.2 Å². The van der Waals surface area contributed by atoms with Gasteiger partial charge in [0.25, 0.3) is 5.91 Å². The SMILES string of the molecule is COc1ccc(C(=O)N[C@H]2CO[C@H]3[C@H]2OC[C@H]3Nc2nccc(C(C)(C)C)n2)cc1. The van der Waals surface area contributed by atoms with E-state index in [1.165, 1.54) is 0 Å². The number of carbonyl (C=O) groups excluding carboxylic acids is 1. The number of rotatable bonds is 5. The number of nitrogens with one attached hydrogen (secondary N) is 2. The molecule has 0 saturated carbocycles. The number of amides is 1. The number of nitrogens with zero attached hydrogens (tertiary/aromatic N) is 2. The molecule has 30 heavy (non-hydrogen) atoms. The number of hydrogen-bond acceptors (Lipinski definition) is 7. The Morgan fingerprint density at radius 2 is 1.73 bits per heavy atom. The van der Waals surface area contributed by atoms with E-state index in [9.17, 15) is 4.79 Å². The lowest BCUT2D eigenvalue weighted by Gasteiger charge is -2.21. The van der Waals surface area contributed by atoms with E-state index in [2.05, 4.69) is 41.4 Å². The van der Waals surface area contributed by atoms with Crippen molar-refractivity contribution >= 4 is 11.9 Å². The van der Waals surface area contributed by atoms with Crippen molar-refractivity contribution in [1.29, 1.82) is 0 Å². The van der Waals surface area contributed by atoms with Crippen molar-refractivity contribution < 1.29 is 19.0 Å². The maximum Gasteiger partial charge on any atom is 0.251 e. The van der Waals surface area contributed by atoms with Gasteiger partial charge in [-0.05, 0) is 30.3 Å². The second-order valence-electron chi connectivity index (χ2n) is 8.67. The van der Waals surface area contributed by atoms with Gasteiger partial charge in [-0.2, -0.15) is 0 Å². The van der Waals surface area contributed by atoms with Crippen LogP contribution in [0.25, 0.3) is 0 Å². The van der Waals surface area contributed by atoms with Crippen LogP contribution in [0.4, 0.5) is 5.95 Å². The highest BCUT2D eigenvalue weighted by atomic mass is 16.6. The zero-order chi connectivity index (χ0) is 21.3. The number of ether oxygens (including phenoxy) is 3. The lowest BCUT2D eigenvalue weighted by molar-refractivity contribution is 0.0652. The Morgan fingerprint density at radius 3 is 2.40 bits per heavy atom. The van der Waals surface area contributed by atoms with Gasteiger partial charge in [-0.3, -0.25) is 4.79 Å². The van der Waals surface area contributed by atoms with Gasteiger partial charge in [0, 0.05) is 17.2 Å². The van der Waals surface area contributed by atoms with Crippen molar-refractivity contribution in [3.8, 4) is 5.75 Å². The van der Waals surface area contributed by atoms with Crippen LogP contribution in [0.15, 0.2) is 36.5 Å². The molecule has 0 aliphatic carbocycles. The number of fused-ring (bicyclic) bond motifs is 1. The maximum absolute atomic E-state index is 12.6. The highest BCUT2D eigenvalue weighted by Crippen LogP contribution is 2.29. The number of carbonyl (C=O) groups is 1. The van der Waals surface area contributed by atoms with Crippen molar-refractivity contribution in [2.24, 2.45) is 0 Å². The van der Waals surface area contributed by atoms with Crippen molar-refractivity contribution in [3.05, 3.63) is 47.8 Å². The average Bonchev–Trinajstić information content (AvgIpc) is 3.31. The smallest absolute Gasteiger partial charge is 0.251 e. The summed E-state index contributed by atoms with van der Waals surface area (Å²) in [6.45, 7) is 7.21. The molecule has 1 aromatic carbocycles. The normalized spacial score (nSPS) is 25.6. The minimum atomic E-state index is -0.213. The van der Waals surface area contributed by atoms with Gasteiger partial charge in [0.2, 0.25) is 5.95 Å². The van der Waals surface area contributed by atoms with Crippen LogP contribution in [0.1, 0.15) is 36.8 Å². The van der Waals surface area contributed by atoms with Crippen molar-refractivity contribution in [2.75, 3.05) is 25.6 Å². The number of anilines is 1. The Labute approximate surface area is 176 Å². The van der Waals surface area contributed by atoms with E-state index in [-0.39, 0.29) is 35.6 Å². The van der Waals surface area contributed by atoms with Crippen LogP contribution in [0.3, 0.4) is 0 Å². The minimum absolute atomic E-state index is 0.0607. The van der Waals surface area contributed by atoms with Crippen molar-refractivity contribution in [1.82, 2.24) is 15.3 Å². The van der Waals surface area contributed by atoms with Crippen LogP contribution in [0, 0.1) is 0 Å². The third-order valence-corrected chi connectivity index (χ3v) is 5.46. The standard InChI is InChI=1S/C22H28N4O4/c1-22(2,3)17-9-10-23-21(26-17)25-16-12-30-18-15(11-29-19(16)18)24-20(27)13-5-7-14(28-4)8-6-13/h5-10,15-16,18-19H,11-12H2,1-4H3,(H,24,27)(H,23,25,26)/t15-,16+,18-,19+/m0/s1. The summed E-state index contributed by atoms with van der Waals surface area (Å²) in [7, 11) is 1.59. The predicted octanol–water partition coefficient (Wildman–Crippen LogP) is 2.16. The zero-order valence-corrected chi connectivity index (χ0v) is 17.7. The van der Waals surface area contributed by atoms with E-state index in [1.54, 1.807) is 37.6 Å². The molecule has 3 heterocycles.